The standard InChI is InChI=1S/C17H25NO/c1-4-18(5-2)10-9-15-12-13(3)11-14-7-6-8-16(19)17(14)15/h6-8,12-13,19H,4-5,9-11H2,1-3H3. The maximum atomic E-state index is 10.1. The molecule has 0 aliphatic heterocycles. The Labute approximate surface area is 116 Å². The van der Waals surface area contributed by atoms with Crippen molar-refractivity contribution in [3.8, 4) is 5.75 Å². The van der Waals surface area contributed by atoms with Gasteiger partial charge in [0, 0.05) is 12.1 Å². The van der Waals surface area contributed by atoms with E-state index < -0.39 is 0 Å². The molecule has 1 aromatic rings. The Balaban J connectivity index is 2.20. The fourth-order valence-corrected chi connectivity index (χ4v) is 2.99. The van der Waals surface area contributed by atoms with Gasteiger partial charge in [-0.15, -0.1) is 0 Å². The molecule has 0 amide bonds. The zero-order valence-electron chi connectivity index (χ0n) is 12.3. The molecular weight excluding hydrogens is 234 g/mol. The highest BCUT2D eigenvalue weighted by molar-refractivity contribution is 5.75. The van der Waals surface area contributed by atoms with Crippen molar-refractivity contribution in [2.45, 2.75) is 33.6 Å². The van der Waals surface area contributed by atoms with Crippen molar-refractivity contribution in [3.63, 3.8) is 0 Å². The maximum Gasteiger partial charge on any atom is 0.123 e. The molecule has 1 aromatic carbocycles. The highest BCUT2D eigenvalue weighted by atomic mass is 16.3. The number of hydrogen-bond acceptors (Lipinski definition) is 2. The molecule has 1 N–H and O–H groups in total. The van der Waals surface area contributed by atoms with Gasteiger partial charge in [0.15, 0.2) is 0 Å². The van der Waals surface area contributed by atoms with E-state index in [1.165, 1.54) is 11.1 Å². The molecule has 2 heteroatoms. The molecular formula is C17H25NO. The molecule has 1 unspecified atom stereocenters. The number of allylic oxidation sites excluding steroid dienone is 1. The van der Waals surface area contributed by atoms with Crippen LogP contribution in [0.1, 0.15) is 38.3 Å². The summed E-state index contributed by atoms with van der Waals surface area (Å²) in [6, 6.07) is 5.91. The highest BCUT2D eigenvalue weighted by Gasteiger charge is 2.19. The molecule has 0 saturated carbocycles. The van der Waals surface area contributed by atoms with Crippen molar-refractivity contribution in [1.82, 2.24) is 4.90 Å². The minimum absolute atomic E-state index is 0.440. The summed E-state index contributed by atoms with van der Waals surface area (Å²) in [5, 5.41) is 10.1. The van der Waals surface area contributed by atoms with Crippen LogP contribution in [0, 0.1) is 5.92 Å². The minimum atomic E-state index is 0.440. The van der Waals surface area contributed by atoms with E-state index in [1.54, 1.807) is 6.07 Å². The van der Waals surface area contributed by atoms with Crippen LogP contribution in [0.15, 0.2) is 24.3 Å². The molecule has 1 aliphatic carbocycles. The number of fused-ring (bicyclic) bond motifs is 1. The number of phenols is 1. The Kier molecular flexibility index (Phi) is 4.65. The van der Waals surface area contributed by atoms with Crippen LogP contribution in [0.25, 0.3) is 5.57 Å². The fraction of sp³-hybridized carbons (Fsp3) is 0.529. The Morgan fingerprint density at radius 2 is 2.00 bits per heavy atom. The maximum absolute atomic E-state index is 10.1. The first-order valence-electron chi connectivity index (χ1n) is 7.40. The summed E-state index contributed by atoms with van der Waals surface area (Å²) in [6.45, 7) is 9.91. The number of hydrogen-bond donors (Lipinski definition) is 1. The van der Waals surface area contributed by atoms with Crippen LogP contribution in [0.3, 0.4) is 0 Å². The predicted octanol–water partition coefficient (Wildman–Crippen LogP) is 3.70. The van der Waals surface area contributed by atoms with Gasteiger partial charge in [0.1, 0.15) is 5.75 Å². The average Bonchev–Trinajstić information content (AvgIpc) is 2.39. The predicted molar refractivity (Wildman–Crippen MR) is 81.4 cm³/mol. The Morgan fingerprint density at radius 3 is 2.68 bits per heavy atom. The van der Waals surface area contributed by atoms with Crippen LogP contribution in [0.2, 0.25) is 0 Å². The second-order valence-electron chi connectivity index (χ2n) is 5.46. The van der Waals surface area contributed by atoms with Gasteiger partial charge in [-0.1, -0.05) is 39.0 Å². The summed E-state index contributed by atoms with van der Waals surface area (Å²) in [7, 11) is 0. The number of nitrogens with zero attached hydrogens (tertiary/aromatic N) is 1. The van der Waals surface area contributed by atoms with E-state index >= 15 is 0 Å². The normalized spacial score (nSPS) is 18.3. The van der Waals surface area contributed by atoms with Crippen LogP contribution in [0.5, 0.6) is 5.75 Å². The third-order valence-corrected chi connectivity index (χ3v) is 4.07. The smallest absolute Gasteiger partial charge is 0.123 e. The number of benzene rings is 1. The van der Waals surface area contributed by atoms with E-state index in [1.807, 2.05) is 6.07 Å². The molecule has 0 heterocycles. The average molecular weight is 259 g/mol. The lowest BCUT2D eigenvalue weighted by atomic mass is 9.83. The molecule has 104 valence electrons. The molecule has 1 atom stereocenters. The summed E-state index contributed by atoms with van der Waals surface area (Å²) in [4.78, 5) is 2.43. The second kappa shape index (κ2) is 6.25. The highest BCUT2D eigenvalue weighted by Crippen LogP contribution is 2.36. The first-order valence-corrected chi connectivity index (χ1v) is 7.40. The van der Waals surface area contributed by atoms with Crippen LogP contribution in [-0.4, -0.2) is 29.6 Å². The molecule has 2 rings (SSSR count). The second-order valence-corrected chi connectivity index (χ2v) is 5.46. The molecule has 0 saturated heterocycles. The molecule has 0 bridgehead atoms. The van der Waals surface area contributed by atoms with E-state index in [-0.39, 0.29) is 0 Å². The van der Waals surface area contributed by atoms with Gasteiger partial charge in [0.2, 0.25) is 0 Å². The van der Waals surface area contributed by atoms with E-state index in [9.17, 15) is 5.11 Å². The monoisotopic (exact) mass is 259 g/mol. The van der Waals surface area contributed by atoms with Gasteiger partial charge < -0.3 is 10.0 Å². The van der Waals surface area contributed by atoms with E-state index in [0.717, 1.165) is 38.0 Å². The third-order valence-electron chi connectivity index (χ3n) is 4.07. The topological polar surface area (TPSA) is 23.5 Å². The van der Waals surface area contributed by atoms with Crippen LogP contribution < -0.4 is 0 Å². The van der Waals surface area contributed by atoms with Gasteiger partial charge in [-0.2, -0.15) is 0 Å². The van der Waals surface area contributed by atoms with Crippen molar-refractivity contribution < 1.29 is 5.11 Å². The summed E-state index contributed by atoms with van der Waals surface area (Å²) < 4.78 is 0. The number of rotatable bonds is 5. The van der Waals surface area contributed by atoms with Crippen molar-refractivity contribution in [3.05, 3.63) is 35.4 Å². The largest absolute Gasteiger partial charge is 0.507 e. The summed E-state index contributed by atoms with van der Waals surface area (Å²) in [6.07, 6.45) is 4.40. The number of aromatic hydroxyl groups is 1. The van der Waals surface area contributed by atoms with Gasteiger partial charge in [-0.05, 0) is 49.1 Å². The van der Waals surface area contributed by atoms with Crippen molar-refractivity contribution >= 4 is 5.57 Å². The van der Waals surface area contributed by atoms with Crippen molar-refractivity contribution in [2.75, 3.05) is 19.6 Å². The van der Waals surface area contributed by atoms with E-state index in [0.29, 0.717) is 11.7 Å². The van der Waals surface area contributed by atoms with Gasteiger partial charge >= 0.3 is 0 Å². The van der Waals surface area contributed by atoms with Gasteiger partial charge in [0.25, 0.3) is 0 Å². The lowest BCUT2D eigenvalue weighted by Gasteiger charge is -2.25. The lowest BCUT2D eigenvalue weighted by molar-refractivity contribution is 0.311. The summed E-state index contributed by atoms with van der Waals surface area (Å²) >= 11 is 0. The quantitative estimate of drug-likeness (QED) is 0.871. The van der Waals surface area contributed by atoms with Crippen LogP contribution in [0.4, 0.5) is 0 Å². The Bertz CT molecular complexity index is 460. The molecule has 1 aliphatic rings. The zero-order valence-corrected chi connectivity index (χ0v) is 12.3. The molecule has 2 nitrogen and oxygen atoms in total. The van der Waals surface area contributed by atoms with E-state index in [2.05, 4.69) is 37.8 Å². The first-order chi connectivity index (χ1) is 9.15. The molecule has 0 fully saturated rings. The van der Waals surface area contributed by atoms with E-state index in [4.69, 9.17) is 0 Å². The summed E-state index contributed by atoms with van der Waals surface area (Å²) in [5.41, 5.74) is 3.70. The third kappa shape index (κ3) is 3.19. The van der Waals surface area contributed by atoms with Crippen LogP contribution >= 0.6 is 0 Å². The van der Waals surface area contributed by atoms with Gasteiger partial charge in [0.05, 0.1) is 0 Å². The van der Waals surface area contributed by atoms with Crippen molar-refractivity contribution in [1.29, 1.82) is 0 Å². The Hall–Kier alpha value is -1.28. The summed E-state index contributed by atoms with van der Waals surface area (Å²) in [5.74, 6) is 1.01. The lowest BCUT2D eigenvalue weighted by Crippen LogP contribution is -2.24. The molecule has 0 radical (unpaired) electrons. The molecule has 0 spiro atoms. The zero-order chi connectivity index (χ0) is 13.8. The van der Waals surface area contributed by atoms with Crippen LogP contribution in [-0.2, 0) is 6.42 Å². The van der Waals surface area contributed by atoms with Crippen molar-refractivity contribution in [2.24, 2.45) is 5.92 Å². The molecule has 0 aromatic heterocycles. The minimum Gasteiger partial charge on any atom is -0.507 e. The number of phenolic OH excluding ortho intramolecular Hbond substituents is 1. The first kappa shape index (κ1) is 14.1. The fourth-order valence-electron chi connectivity index (χ4n) is 2.99. The molecule has 19 heavy (non-hydrogen) atoms. The van der Waals surface area contributed by atoms with Gasteiger partial charge in [-0.25, -0.2) is 0 Å². The Morgan fingerprint density at radius 1 is 1.26 bits per heavy atom. The van der Waals surface area contributed by atoms with Gasteiger partial charge in [-0.3, -0.25) is 0 Å². The SMILES string of the molecule is CCN(CC)CCC1=CC(C)Cc2cccc(O)c21.